The third kappa shape index (κ3) is 5.91. The van der Waals surface area contributed by atoms with E-state index in [-0.39, 0.29) is 17.8 Å². The number of urea groups is 1. The fraction of sp³-hybridized carbons (Fsp3) is 0.387. The van der Waals surface area contributed by atoms with Crippen LogP contribution in [0.2, 0.25) is 0 Å². The standard InChI is InChI=1S/C31H33FN6O2S/c32-23-15-22(37-30(39)36-21-2-3-21)4-6-26(23)40-27-7-11-34-25-16-28(41-29(25)27)24-5-1-20(17-35-24)18-38-13-9-31(10-14-38)8-12-33-19-31/h1,4-7,11,15-17,21,33H,2-3,8-10,12-14,18-19H2,(H2,36,37,39). The van der Waals surface area contributed by atoms with Gasteiger partial charge in [0.1, 0.15) is 5.75 Å². The lowest BCUT2D eigenvalue weighted by Gasteiger charge is -2.38. The number of benzene rings is 1. The quantitative estimate of drug-likeness (QED) is 0.246. The van der Waals surface area contributed by atoms with Crippen LogP contribution in [0.5, 0.6) is 11.5 Å². The molecule has 1 saturated carbocycles. The van der Waals surface area contributed by atoms with Crippen molar-refractivity contribution in [2.24, 2.45) is 5.41 Å². The number of pyridine rings is 2. The van der Waals surface area contributed by atoms with Crippen LogP contribution in [-0.4, -0.2) is 53.1 Å². The molecule has 0 radical (unpaired) electrons. The zero-order chi connectivity index (χ0) is 27.8. The molecule has 1 spiro atoms. The molecule has 3 aromatic heterocycles. The van der Waals surface area contributed by atoms with E-state index in [0.29, 0.717) is 16.9 Å². The molecule has 3 N–H and O–H groups in total. The molecule has 0 atom stereocenters. The number of fused-ring (bicyclic) bond motifs is 1. The molecule has 1 aliphatic carbocycles. The molecule has 5 heterocycles. The lowest BCUT2D eigenvalue weighted by Crippen LogP contribution is -2.40. The summed E-state index contributed by atoms with van der Waals surface area (Å²) >= 11 is 1.52. The van der Waals surface area contributed by atoms with Crippen LogP contribution < -0.4 is 20.7 Å². The lowest BCUT2D eigenvalue weighted by molar-refractivity contribution is 0.113. The second-order valence-electron chi connectivity index (χ2n) is 11.5. The molecule has 10 heteroatoms. The van der Waals surface area contributed by atoms with E-state index in [2.05, 4.69) is 38.0 Å². The first-order valence-electron chi connectivity index (χ1n) is 14.3. The number of carbonyl (C=O) groups excluding carboxylic acids is 1. The molecular weight excluding hydrogens is 539 g/mol. The van der Waals surface area contributed by atoms with E-state index in [1.165, 1.54) is 54.8 Å². The molecule has 2 saturated heterocycles. The van der Waals surface area contributed by atoms with E-state index >= 15 is 0 Å². The third-order valence-electron chi connectivity index (χ3n) is 8.43. The summed E-state index contributed by atoms with van der Waals surface area (Å²) in [6.07, 6.45) is 9.46. The summed E-state index contributed by atoms with van der Waals surface area (Å²) in [6, 6.07) is 12.3. The topological polar surface area (TPSA) is 91.4 Å². The van der Waals surface area contributed by atoms with Gasteiger partial charge in [0.15, 0.2) is 11.6 Å². The summed E-state index contributed by atoms with van der Waals surface area (Å²) in [5.41, 5.74) is 3.76. The first kappa shape index (κ1) is 26.3. The van der Waals surface area contributed by atoms with E-state index in [9.17, 15) is 9.18 Å². The molecule has 3 fully saturated rings. The normalized spacial score (nSPS) is 18.6. The molecule has 41 heavy (non-hydrogen) atoms. The second kappa shape index (κ2) is 11.0. The smallest absolute Gasteiger partial charge is 0.319 e. The number of hydrogen-bond donors (Lipinski definition) is 3. The Kier molecular flexibility index (Phi) is 7.06. The Labute approximate surface area is 242 Å². The van der Waals surface area contributed by atoms with Crippen molar-refractivity contribution in [3.8, 4) is 22.1 Å². The highest BCUT2D eigenvalue weighted by atomic mass is 32.1. The number of rotatable bonds is 7. The Morgan fingerprint density at radius 3 is 2.71 bits per heavy atom. The molecule has 7 rings (SSSR count). The van der Waals surface area contributed by atoms with Crippen molar-refractivity contribution >= 4 is 33.3 Å². The van der Waals surface area contributed by atoms with Crippen LogP contribution >= 0.6 is 11.3 Å². The van der Waals surface area contributed by atoms with Crippen molar-refractivity contribution in [1.82, 2.24) is 25.5 Å². The SMILES string of the molecule is O=C(Nc1ccc(Oc2ccnc3cc(-c4ccc(CN5CCC6(CCNC6)CC5)cn4)sc23)c(F)c1)NC1CC1. The molecule has 0 unspecified atom stereocenters. The number of nitrogens with zero attached hydrogens (tertiary/aromatic N) is 3. The van der Waals surface area contributed by atoms with E-state index < -0.39 is 5.82 Å². The zero-order valence-electron chi connectivity index (χ0n) is 22.8. The Balaban J connectivity index is 1.02. The van der Waals surface area contributed by atoms with Gasteiger partial charge >= 0.3 is 6.03 Å². The largest absolute Gasteiger partial charge is 0.453 e. The van der Waals surface area contributed by atoms with Crippen LogP contribution in [0.3, 0.4) is 0 Å². The highest BCUT2D eigenvalue weighted by molar-refractivity contribution is 7.22. The lowest BCUT2D eigenvalue weighted by atomic mass is 9.78. The van der Waals surface area contributed by atoms with Gasteiger partial charge < -0.3 is 20.7 Å². The van der Waals surface area contributed by atoms with Gasteiger partial charge in [-0.3, -0.25) is 14.9 Å². The van der Waals surface area contributed by atoms with E-state index in [1.807, 2.05) is 12.3 Å². The monoisotopic (exact) mass is 572 g/mol. The summed E-state index contributed by atoms with van der Waals surface area (Å²) < 4.78 is 21.7. The molecule has 1 aromatic carbocycles. The molecule has 2 aliphatic heterocycles. The first-order valence-corrected chi connectivity index (χ1v) is 15.2. The highest BCUT2D eigenvalue weighted by Crippen LogP contribution is 2.40. The fourth-order valence-corrected chi connectivity index (χ4v) is 6.85. The fourth-order valence-electron chi connectivity index (χ4n) is 5.81. The number of nitrogens with one attached hydrogen (secondary N) is 3. The van der Waals surface area contributed by atoms with Crippen LogP contribution in [0.25, 0.3) is 20.8 Å². The van der Waals surface area contributed by atoms with E-state index in [1.54, 1.807) is 18.3 Å². The molecule has 4 aromatic rings. The predicted molar refractivity (Wildman–Crippen MR) is 159 cm³/mol. The van der Waals surface area contributed by atoms with Gasteiger partial charge in [-0.2, -0.15) is 0 Å². The first-order chi connectivity index (χ1) is 20.0. The van der Waals surface area contributed by atoms with Gasteiger partial charge in [0.25, 0.3) is 0 Å². The summed E-state index contributed by atoms with van der Waals surface area (Å²) in [6.45, 7) is 5.55. The average Bonchev–Trinajstić information content (AvgIpc) is 3.48. The van der Waals surface area contributed by atoms with Crippen molar-refractivity contribution in [3.05, 3.63) is 66.2 Å². The predicted octanol–water partition coefficient (Wildman–Crippen LogP) is 6.15. The zero-order valence-corrected chi connectivity index (χ0v) is 23.6. The maximum atomic E-state index is 14.9. The summed E-state index contributed by atoms with van der Waals surface area (Å²) in [5, 5.41) is 9.03. The molecule has 0 bridgehead atoms. The van der Waals surface area contributed by atoms with Crippen LogP contribution in [0.4, 0.5) is 14.9 Å². The summed E-state index contributed by atoms with van der Waals surface area (Å²) in [7, 11) is 0. The van der Waals surface area contributed by atoms with Crippen molar-refractivity contribution < 1.29 is 13.9 Å². The maximum absolute atomic E-state index is 14.9. The van der Waals surface area contributed by atoms with Gasteiger partial charge in [-0.1, -0.05) is 6.07 Å². The highest BCUT2D eigenvalue weighted by Gasteiger charge is 2.36. The third-order valence-corrected chi connectivity index (χ3v) is 9.59. The minimum atomic E-state index is -0.558. The number of anilines is 1. The number of carbonyl (C=O) groups is 1. The van der Waals surface area contributed by atoms with Gasteiger partial charge in [0.2, 0.25) is 0 Å². The molecular formula is C31H33FN6O2S. The Hall–Kier alpha value is -3.60. The van der Waals surface area contributed by atoms with E-state index in [4.69, 9.17) is 9.72 Å². The minimum absolute atomic E-state index is 0.0795. The van der Waals surface area contributed by atoms with Gasteiger partial charge in [-0.15, -0.1) is 11.3 Å². The Morgan fingerprint density at radius 1 is 1.10 bits per heavy atom. The maximum Gasteiger partial charge on any atom is 0.319 e. The summed E-state index contributed by atoms with van der Waals surface area (Å²) in [4.78, 5) is 24.8. The molecule has 3 aliphatic rings. The van der Waals surface area contributed by atoms with Gasteiger partial charge in [0.05, 0.1) is 20.8 Å². The number of aromatic nitrogens is 2. The number of hydrogen-bond acceptors (Lipinski definition) is 7. The van der Waals surface area contributed by atoms with Crippen molar-refractivity contribution in [3.63, 3.8) is 0 Å². The molecule has 2 amide bonds. The van der Waals surface area contributed by atoms with Crippen LogP contribution in [0, 0.1) is 11.2 Å². The Morgan fingerprint density at radius 2 is 1.98 bits per heavy atom. The number of halogens is 1. The molecule has 8 nitrogen and oxygen atoms in total. The average molecular weight is 573 g/mol. The van der Waals surface area contributed by atoms with Gasteiger partial charge in [0, 0.05) is 49.3 Å². The summed E-state index contributed by atoms with van der Waals surface area (Å²) in [5.74, 6) is 0.0437. The molecule has 212 valence electrons. The number of amides is 2. The number of thiophene rings is 1. The van der Waals surface area contributed by atoms with Crippen LogP contribution in [0.1, 0.15) is 37.7 Å². The van der Waals surface area contributed by atoms with Gasteiger partial charge in [-0.05, 0) is 87.0 Å². The van der Waals surface area contributed by atoms with Crippen molar-refractivity contribution in [2.75, 3.05) is 31.5 Å². The number of likely N-dealkylation sites (tertiary alicyclic amines) is 1. The second-order valence-corrected chi connectivity index (χ2v) is 12.6. The van der Waals surface area contributed by atoms with E-state index in [0.717, 1.165) is 59.8 Å². The van der Waals surface area contributed by atoms with Crippen molar-refractivity contribution in [2.45, 2.75) is 44.7 Å². The van der Waals surface area contributed by atoms with Crippen LogP contribution in [-0.2, 0) is 6.54 Å². The number of piperidine rings is 1. The van der Waals surface area contributed by atoms with Crippen LogP contribution in [0.15, 0.2) is 54.9 Å². The Bertz CT molecular complexity index is 1550. The minimum Gasteiger partial charge on any atom is -0.453 e. The van der Waals surface area contributed by atoms with Crippen molar-refractivity contribution in [1.29, 1.82) is 0 Å². The van der Waals surface area contributed by atoms with Gasteiger partial charge in [-0.25, -0.2) is 9.18 Å². The number of ether oxygens (including phenoxy) is 1.